The number of nitrogens with zero attached hydrogens (tertiary/aromatic N) is 5. The topological polar surface area (TPSA) is 254 Å². The number of rotatable bonds is 23. The second kappa shape index (κ2) is 25.0. The average molecular weight is 1270 g/mol. The molecule has 468 valence electrons. The molecular formula is C66H64F3N7O12S2. The summed E-state index contributed by atoms with van der Waals surface area (Å²) < 4.78 is 133. The Hall–Kier alpha value is -9.15. The molecule has 2 aromatic heterocycles. The van der Waals surface area contributed by atoms with Crippen molar-refractivity contribution in [2.45, 2.75) is 121 Å². The second-order valence-electron chi connectivity index (χ2n) is 22.3. The average Bonchev–Trinajstić information content (AvgIpc) is 1.58. The van der Waals surface area contributed by atoms with E-state index >= 15 is 4.79 Å². The van der Waals surface area contributed by atoms with Gasteiger partial charge in [-0.25, -0.2) is 16.8 Å². The van der Waals surface area contributed by atoms with E-state index in [1.54, 1.807) is 131 Å². The maximum atomic E-state index is 15.2. The van der Waals surface area contributed by atoms with Crippen LogP contribution in [0.1, 0.15) is 108 Å². The van der Waals surface area contributed by atoms with E-state index in [2.05, 4.69) is 25.8 Å². The van der Waals surface area contributed by atoms with Crippen LogP contribution in [0.15, 0.2) is 140 Å². The fraction of sp³-hybridized carbons (Fsp3) is 0.303. The van der Waals surface area contributed by atoms with Crippen LogP contribution in [-0.4, -0.2) is 64.8 Å². The zero-order valence-electron chi connectivity index (χ0n) is 50.5. The van der Waals surface area contributed by atoms with Gasteiger partial charge in [-0.15, -0.1) is 0 Å². The zero-order chi connectivity index (χ0) is 64.7. The van der Waals surface area contributed by atoms with Crippen LogP contribution in [0.4, 0.5) is 36.2 Å². The molecule has 0 spiro atoms. The zero-order valence-corrected chi connectivity index (χ0v) is 52.1. The van der Waals surface area contributed by atoms with Crippen LogP contribution >= 0.6 is 0 Å². The molecule has 0 fully saturated rings. The smallest absolute Gasteiger partial charge is 0.416 e. The number of sulfonamides is 2. The molecule has 2 amide bonds. The molecule has 0 saturated carbocycles. The van der Waals surface area contributed by atoms with E-state index in [4.69, 9.17) is 23.3 Å². The van der Waals surface area contributed by atoms with Crippen molar-refractivity contribution in [1.82, 2.24) is 10.3 Å². The third-order valence-electron chi connectivity index (χ3n) is 16.6. The number of nitriles is 1. The monoisotopic (exact) mass is 1270 g/mol. The Kier molecular flexibility index (Phi) is 17.8. The number of fused-ring (bicyclic) bond motifs is 2. The molecule has 2 aliphatic rings. The maximum absolute atomic E-state index is 15.2. The van der Waals surface area contributed by atoms with Gasteiger partial charge in [0.25, 0.3) is 20.0 Å². The molecule has 24 heteroatoms. The van der Waals surface area contributed by atoms with Gasteiger partial charge >= 0.3 is 12.1 Å². The van der Waals surface area contributed by atoms with Gasteiger partial charge in [0.2, 0.25) is 11.8 Å². The minimum atomic E-state index is -4.76. The van der Waals surface area contributed by atoms with E-state index in [9.17, 15) is 44.9 Å². The van der Waals surface area contributed by atoms with Gasteiger partial charge in [0.15, 0.2) is 17.1 Å². The van der Waals surface area contributed by atoms with E-state index in [0.717, 1.165) is 23.1 Å². The van der Waals surface area contributed by atoms with Gasteiger partial charge in [-0.3, -0.25) is 23.8 Å². The number of aryl methyl sites for hydroxylation is 2. The SMILES string of the molecule is CCOCc1cc(CN2C(=O)C(C)(CCc3c(NS(=O)(=O)c4ccccc4-c4ccc(CN5C(=O)C(C)(C(=O)OCC)c6ccc(C(F)(F)F)cc65)cc4COCC)noc3C)c3ccc(C#N)cc32)ccc1-c1ccccc1S(=O)(=O)Nc1noc(C)c1C. The minimum absolute atomic E-state index is 0.0105. The fourth-order valence-electron chi connectivity index (χ4n) is 11.6. The molecule has 90 heavy (non-hydrogen) atoms. The Labute approximate surface area is 518 Å². The Bertz CT molecular complexity index is 4430. The summed E-state index contributed by atoms with van der Waals surface area (Å²) in [5.41, 5.74) is 2.00. The van der Waals surface area contributed by atoms with Crippen LogP contribution in [0.5, 0.6) is 0 Å². The van der Waals surface area contributed by atoms with Crippen molar-refractivity contribution in [1.29, 1.82) is 5.26 Å². The molecule has 4 heterocycles. The summed E-state index contributed by atoms with van der Waals surface area (Å²) in [6.07, 6.45) is -4.54. The standard InChI is InChI=1S/C66H64F3N7O12S2/c1-9-84-37-45-30-43(20-24-49(45)51-16-12-14-18-57(51)89(80,81)73-59-39(4)40(5)87-71-59)35-75-55-32-42(34-70)22-26-53(55)64(7,61(75)77)29-28-48-41(6)88-72-60(48)74-90(82,83)58-19-15-13-17-52(58)50-25-21-44(31-46(50)38-85-10-2)36-76-56-33-47(66(67,68)69)23-27-54(56)65(8,62(76)78)63(79)86-11-3/h12-27,30-33H,9-11,28-29,35-38H2,1-8H3,(H,71,73)(H,72,74). The summed E-state index contributed by atoms with van der Waals surface area (Å²) in [6, 6.07) is 33.1. The number of halogens is 3. The number of ether oxygens (including phenoxy) is 3. The second-order valence-corrected chi connectivity index (χ2v) is 25.6. The predicted molar refractivity (Wildman–Crippen MR) is 328 cm³/mol. The van der Waals surface area contributed by atoms with Crippen LogP contribution in [0.3, 0.4) is 0 Å². The van der Waals surface area contributed by atoms with Gasteiger partial charge < -0.3 is 33.1 Å². The minimum Gasteiger partial charge on any atom is -0.465 e. The highest BCUT2D eigenvalue weighted by atomic mass is 32.2. The highest BCUT2D eigenvalue weighted by Crippen LogP contribution is 2.49. The summed E-state index contributed by atoms with van der Waals surface area (Å²) in [5.74, 6) is -1.29. The van der Waals surface area contributed by atoms with Crippen molar-refractivity contribution in [3.05, 3.63) is 188 Å². The molecule has 10 rings (SSSR count). The third-order valence-corrected chi connectivity index (χ3v) is 19.4. The van der Waals surface area contributed by atoms with Crippen LogP contribution in [0, 0.1) is 32.1 Å². The number of nitrogens with one attached hydrogen (secondary N) is 2. The number of alkyl halides is 3. The number of hydrogen-bond donors (Lipinski definition) is 2. The number of anilines is 4. The summed E-state index contributed by atoms with van der Waals surface area (Å²) in [6.45, 7) is 13.7. The predicted octanol–water partition coefficient (Wildman–Crippen LogP) is 12.3. The van der Waals surface area contributed by atoms with E-state index in [1.807, 2.05) is 13.0 Å². The van der Waals surface area contributed by atoms with Gasteiger partial charge in [0, 0.05) is 52.4 Å². The van der Waals surface area contributed by atoms with Gasteiger partial charge in [-0.2, -0.15) is 18.4 Å². The van der Waals surface area contributed by atoms with Crippen molar-refractivity contribution >= 4 is 60.8 Å². The summed E-state index contributed by atoms with van der Waals surface area (Å²) in [7, 11) is -8.71. The lowest BCUT2D eigenvalue weighted by Crippen LogP contribution is -2.44. The first-order valence-corrected chi connectivity index (χ1v) is 31.8. The van der Waals surface area contributed by atoms with E-state index < -0.39 is 54.5 Å². The van der Waals surface area contributed by atoms with E-state index in [0.29, 0.717) is 79.3 Å². The Morgan fingerprint density at radius 1 is 0.644 bits per heavy atom. The Morgan fingerprint density at radius 3 is 1.70 bits per heavy atom. The summed E-state index contributed by atoms with van der Waals surface area (Å²) in [4.78, 5) is 45.4. The Morgan fingerprint density at radius 2 is 1.17 bits per heavy atom. The molecule has 2 unspecified atom stereocenters. The molecule has 19 nitrogen and oxygen atoms in total. The van der Waals surface area contributed by atoms with Gasteiger partial charge in [-0.1, -0.05) is 95.2 Å². The lowest BCUT2D eigenvalue weighted by Gasteiger charge is -2.25. The molecule has 0 bridgehead atoms. The van der Waals surface area contributed by atoms with Crippen LogP contribution in [-0.2, 0) is 98.4 Å². The number of amides is 2. The third kappa shape index (κ3) is 12.0. The van der Waals surface area contributed by atoms with Gasteiger partial charge in [-0.05, 0) is 144 Å². The highest BCUT2D eigenvalue weighted by Gasteiger charge is 2.55. The maximum Gasteiger partial charge on any atom is 0.416 e. The first-order valence-electron chi connectivity index (χ1n) is 28.9. The first-order chi connectivity index (χ1) is 42.8. The molecule has 6 aromatic carbocycles. The largest absolute Gasteiger partial charge is 0.465 e. The number of carbonyl (C=O) groups excluding carboxylic acids is 3. The molecule has 2 N–H and O–H groups in total. The van der Waals surface area contributed by atoms with E-state index in [-0.39, 0.29) is 102 Å². The molecular weight excluding hydrogens is 1200 g/mol. The number of aromatic nitrogens is 2. The number of carbonyl (C=O) groups is 3. The molecule has 0 radical (unpaired) electrons. The van der Waals surface area contributed by atoms with Crippen LogP contribution in [0.2, 0.25) is 0 Å². The summed E-state index contributed by atoms with van der Waals surface area (Å²) >= 11 is 0. The van der Waals surface area contributed by atoms with E-state index in [1.165, 1.54) is 19.1 Å². The molecule has 0 aliphatic carbocycles. The van der Waals surface area contributed by atoms with Crippen molar-refractivity contribution in [3.8, 4) is 28.3 Å². The van der Waals surface area contributed by atoms with Gasteiger partial charge in [0.05, 0.1) is 65.3 Å². The molecule has 0 saturated heterocycles. The summed E-state index contributed by atoms with van der Waals surface area (Å²) in [5, 5.41) is 18.1. The van der Waals surface area contributed by atoms with Crippen molar-refractivity contribution in [2.24, 2.45) is 0 Å². The van der Waals surface area contributed by atoms with Gasteiger partial charge in [0.1, 0.15) is 11.5 Å². The Balaban J connectivity index is 0.915. The lowest BCUT2D eigenvalue weighted by atomic mass is 9.78. The molecule has 2 atom stereocenters. The van der Waals surface area contributed by atoms with Crippen molar-refractivity contribution in [3.63, 3.8) is 0 Å². The lowest BCUT2D eigenvalue weighted by molar-refractivity contribution is -0.152. The van der Waals surface area contributed by atoms with Crippen LogP contribution in [0.25, 0.3) is 22.3 Å². The fourth-order valence-corrected chi connectivity index (χ4v) is 14.1. The number of hydrogen-bond acceptors (Lipinski definition) is 15. The molecule has 8 aromatic rings. The van der Waals surface area contributed by atoms with Crippen molar-refractivity contribution in [2.75, 3.05) is 39.1 Å². The van der Waals surface area contributed by atoms with Crippen LogP contribution < -0.4 is 19.2 Å². The normalized spacial score (nSPS) is 16.5. The quantitative estimate of drug-likeness (QED) is 0.0446. The first kappa shape index (κ1) is 63.9. The number of benzene rings is 6. The highest BCUT2D eigenvalue weighted by molar-refractivity contribution is 7.93. The van der Waals surface area contributed by atoms with Crippen molar-refractivity contribution < 1.29 is 67.6 Å². The number of esters is 1. The molecule has 2 aliphatic heterocycles.